The van der Waals surface area contributed by atoms with Gasteiger partial charge in [0.25, 0.3) is 0 Å². The van der Waals surface area contributed by atoms with Gasteiger partial charge in [-0.1, -0.05) is 0 Å². The zero-order chi connectivity index (χ0) is 4.99. The van der Waals surface area contributed by atoms with Crippen LogP contribution in [-0.2, 0) is 0 Å². The van der Waals surface area contributed by atoms with Crippen molar-refractivity contribution in [3.63, 3.8) is 0 Å². The van der Waals surface area contributed by atoms with E-state index in [-0.39, 0.29) is 0 Å². The third-order valence-corrected chi connectivity index (χ3v) is 0.564. The zero-order valence-electron chi connectivity index (χ0n) is 3.95. The standard InChI is InChI=1S/C4H10FN/c1-4(5)2-3-6/h4H,2-3,6H2,1H3/t4-/m0/s1. The topological polar surface area (TPSA) is 26.0 Å². The van der Waals surface area contributed by atoms with E-state index in [1.165, 1.54) is 6.92 Å². The number of halogens is 1. The van der Waals surface area contributed by atoms with Gasteiger partial charge in [0, 0.05) is 0 Å². The highest BCUT2D eigenvalue weighted by molar-refractivity contribution is 4.44. The van der Waals surface area contributed by atoms with Gasteiger partial charge in [-0.25, -0.2) is 4.39 Å². The summed E-state index contributed by atoms with van der Waals surface area (Å²) in [5, 5.41) is 0. The van der Waals surface area contributed by atoms with Crippen molar-refractivity contribution in [3.8, 4) is 0 Å². The van der Waals surface area contributed by atoms with E-state index in [4.69, 9.17) is 5.73 Å². The van der Waals surface area contributed by atoms with E-state index in [2.05, 4.69) is 0 Å². The van der Waals surface area contributed by atoms with Crippen molar-refractivity contribution >= 4 is 0 Å². The summed E-state index contributed by atoms with van der Waals surface area (Å²) in [7, 11) is 0. The van der Waals surface area contributed by atoms with Crippen molar-refractivity contribution < 1.29 is 4.39 Å². The summed E-state index contributed by atoms with van der Waals surface area (Å²) in [4.78, 5) is 0. The maximum atomic E-state index is 11.6. The summed E-state index contributed by atoms with van der Waals surface area (Å²) < 4.78 is 11.6. The highest BCUT2D eigenvalue weighted by Crippen LogP contribution is 1.90. The molecule has 0 aliphatic heterocycles. The normalized spacial score (nSPS) is 14.5. The molecule has 0 aromatic rings. The van der Waals surface area contributed by atoms with Gasteiger partial charge in [0.2, 0.25) is 0 Å². The molecule has 0 unspecified atom stereocenters. The van der Waals surface area contributed by atoms with Crippen molar-refractivity contribution in [2.75, 3.05) is 6.54 Å². The van der Waals surface area contributed by atoms with Crippen molar-refractivity contribution in [1.82, 2.24) is 0 Å². The first-order valence-corrected chi connectivity index (χ1v) is 2.11. The fourth-order valence-electron chi connectivity index (χ4n) is 0.230. The Bertz CT molecular complexity index is 28.7. The van der Waals surface area contributed by atoms with E-state index in [9.17, 15) is 4.39 Å². The van der Waals surface area contributed by atoms with E-state index in [0.29, 0.717) is 13.0 Å². The van der Waals surface area contributed by atoms with Gasteiger partial charge in [-0.3, -0.25) is 0 Å². The predicted molar refractivity (Wildman–Crippen MR) is 24.2 cm³/mol. The van der Waals surface area contributed by atoms with Gasteiger partial charge in [-0.2, -0.15) is 0 Å². The minimum atomic E-state index is -0.727. The van der Waals surface area contributed by atoms with Gasteiger partial charge in [0.1, 0.15) is 0 Å². The van der Waals surface area contributed by atoms with Crippen LogP contribution in [0, 0.1) is 0 Å². The molecular weight excluding hydrogens is 81.0 g/mol. The second-order valence-corrected chi connectivity index (χ2v) is 1.36. The lowest BCUT2D eigenvalue weighted by atomic mass is 10.3. The number of nitrogens with two attached hydrogens (primary N) is 1. The van der Waals surface area contributed by atoms with Gasteiger partial charge >= 0.3 is 0 Å². The second kappa shape index (κ2) is 3.09. The Morgan fingerprint density at radius 3 is 2.33 bits per heavy atom. The lowest BCUT2D eigenvalue weighted by molar-refractivity contribution is 0.345. The van der Waals surface area contributed by atoms with E-state index in [1.807, 2.05) is 0 Å². The lowest BCUT2D eigenvalue weighted by Crippen LogP contribution is -2.04. The maximum Gasteiger partial charge on any atom is 0.0985 e. The van der Waals surface area contributed by atoms with Crippen LogP contribution in [0.3, 0.4) is 0 Å². The molecule has 0 saturated heterocycles. The monoisotopic (exact) mass is 91.1 g/mol. The fraction of sp³-hybridized carbons (Fsp3) is 1.00. The molecule has 0 fully saturated rings. The minimum Gasteiger partial charge on any atom is -0.330 e. The Morgan fingerprint density at radius 2 is 2.33 bits per heavy atom. The van der Waals surface area contributed by atoms with E-state index < -0.39 is 6.17 Å². The fourth-order valence-corrected chi connectivity index (χ4v) is 0.230. The summed E-state index contributed by atoms with van der Waals surface area (Å²) in [5.41, 5.74) is 4.99. The van der Waals surface area contributed by atoms with E-state index in [1.54, 1.807) is 0 Å². The Labute approximate surface area is 37.3 Å². The SMILES string of the molecule is C[C@H](F)CCN. The van der Waals surface area contributed by atoms with Crippen LogP contribution in [0.25, 0.3) is 0 Å². The largest absolute Gasteiger partial charge is 0.330 e. The summed E-state index contributed by atoms with van der Waals surface area (Å²) >= 11 is 0. The molecule has 38 valence electrons. The first kappa shape index (κ1) is 5.89. The van der Waals surface area contributed by atoms with Crippen molar-refractivity contribution in [2.24, 2.45) is 5.73 Å². The van der Waals surface area contributed by atoms with Gasteiger partial charge in [-0.15, -0.1) is 0 Å². The highest BCUT2D eigenvalue weighted by atomic mass is 19.1. The van der Waals surface area contributed by atoms with E-state index in [0.717, 1.165) is 0 Å². The first-order valence-electron chi connectivity index (χ1n) is 2.11. The lowest BCUT2D eigenvalue weighted by Gasteiger charge is -1.92. The second-order valence-electron chi connectivity index (χ2n) is 1.36. The summed E-state index contributed by atoms with van der Waals surface area (Å²) in [6.07, 6.45) is -0.241. The molecule has 1 nitrogen and oxygen atoms in total. The molecule has 0 aliphatic rings. The van der Waals surface area contributed by atoms with Crippen molar-refractivity contribution in [3.05, 3.63) is 0 Å². The molecule has 0 spiro atoms. The van der Waals surface area contributed by atoms with E-state index >= 15 is 0 Å². The molecule has 1 atom stereocenters. The molecule has 0 bridgehead atoms. The van der Waals surface area contributed by atoms with Crippen LogP contribution in [0.2, 0.25) is 0 Å². The minimum absolute atomic E-state index is 0.456. The molecule has 2 heteroatoms. The number of hydrogen-bond acceptors (Lipinski definition) is 1. The average molecular weight is 91.1 g/mol. The third kappa shape index (κ3) is 3.89. The molecule has 0 aliphatic carbocycles. The average Bonchev–Trinajstić information content (AvgIpc) is 1.35. The van der Waals surface area contributed by atoms with Gasteiger partial charge in [-0.05, 0) is 19.9 Å². The zero-order valence-corrected chi connectivity index (χ0v) is 3.95. The summed E-state index contributed by atoms with van der Waals surface area (Å²) in [6, 6.07) is 0. The van der Waals surface area contributed by atoms with Crippen LogP contribution >= 0.6 is 0 Å². The van der Waals surface area contributed by atoms with Crippen LogP contribution in [0.1, 0.15) is 13.3 Å². The predicted octanol–water partition coefficient (Wildman–Crippen LogP) is 0.693. The van der Waals surface area contributed by atoms with Gasteiger partial charge in [0.15, 0.2) is 0 Å². The molecule has 0 aromatic heterocycles. The Balaban J connectivity index is 2.63. The van der Waals surface area contributed by atoms with Gasteiger partial charge in [0.05, 0.1) is 6.17 Å². The number of alkyl halides is 1. The molecule has 2 N–H and O–H groups in total. The Kier molecular flexibility index (Phi) is 3.04. The maximum absolute atomic E-state index is 11.6. The van der Waals surface area contributed by atoms with Crippen LogP contribution in [0.4, 0.5) is 4.39 Å². The highest BCUT2D eigenvalue weighted by Gasteiger charge is 1.90. The molecule has 0 heterocycles. The van der Waals surface area contributed by atoms with Crippen LogP contribution in [-0.4, -0.2) is 12.7 Å². The number of hydrogen-bond donors (Lipinski definition) is 1. The third-order valence-electron chi connectivity index (χ3n) is 0.564. The molecule has 0 saturated carbocycles. The van der Waals surface area contributed by atoms with Crippen LogP contribution in [0.5, 0.6) is 0 Å². The quantitative estimate of drug-likeness (QED) is 0.531. The van der Waals surface area contributed by atoms with Gasteiger partial charge < -0.3 is 5.73 Å². The first-order chi connectivity index (χ1) is 2.77. The van der Waals surface area contributed by atoms with Crippen LogP contribution in [0.15, 0.2) is 0 Å². The summed E-state index contributed by atoms with van der Waals surface area (Å²) in [5.74, 6) is 0. The summed E-state index contributed by atoms with van der Waals surface area (Å²) in [6.45, 7) is 1.96. The molecule has 6 heavy (non-hydrogen) atoms. The molecule has 0 aromatic carbocycles. The molecular formula is C4H10FN. The molecule has 0 amide bonds. The Hall–Kier alpha value is -0.110. The Morgan fingerprint density at radius 1 is 1.83 bits per heavy atom. The molecule has 0 radical (unpaired) electrons. The molecule has 0 rings (SSSR count). The van der Waals surface area contributed by atoms with Crippen LogP contribution < -0.4 is 5.73 Å². The number of rotatable bonds is 2. The van der Waals surface area contributed by atoms with Crippen molar-refractivity contribution in [2.45, 2.75) is 19.5 Å². The van der Waals surface area contributed by atoms with Crippen molar-refractivity contribution in [1.29, 1.82) is 0 Å². The smallest absolute Gasteiger partial charge is 0.0985 e.